The number of carbonyl (C=O) groups excluding carboxylic acids is 1. The van der Waals surface area contributed by atoms with E-state index >= 15 is 0 Å². The van der Waals surface area contributed by atoms with Crippen molar-refractivity contribution in [2.24, 2.45) is 10.7 Å². The van der Waals surface area contributed by atoms with Crippen LogP contribution < -0.4 is 5.73 Å². The summed E-state index contributed by atoms with van der Waals surface area (Å²) in [6, 6.07) is 14.5. The zero-order valence-electron chi connectivity index (χ0n) is 11.8. The normalized spacial score (nSPS) is 11.3. The number of carbonyl (C=O) groups is 1. The van der Waals surface area contributed by atoms with Gasteiger partial charge < -0.3 is 15.4 Å². The Kier molecular flexibility index (Phi) is 3.62. The molecule has 0 bridgehead atoms. The molecule has 1 aromatic heterocycles. The minimum absolute atomic E-state index is 0.125. The summed E-state index contributed by atoms with van der Waals surface area (Å²) in [5, 5.41) is 10.4. The number of hydrogen-bond donors (Lipinski definition) is 2. The highest BCUT2D eigenvalue weighted by Crippen LogP contribution is 2.22. The van der Waals surface area contributed by atoms with Crippen LogP contribution >= 0.6 is 0 Å². The van der Waals surface area contributed by atoms with E-state index in [-0.39, 0.29) is 12.3 Å². The number of benzene rings is 2. The van der Waals surface area contributed by atoms with Gasteiger partial charge in [0, 0.05) is 34.9 Å². The van der Waals surface area contributed by atoms with E-state index in [9.17, 15) is 9.90 Å². The smallest absolute Gasteiger partial charge is 0.237 e. The number of aromatic nitrogens is 1. The quantitative estimate of drug-likeness (QED) is 0.725. The summed E-state index contributed by atoms with van der Waals surface area (Å²) in [6.45, 7) is 0.125. The Morgan fingerprint density at radius 2 is 2.05 bits per heavy atom. The molecule has 0 fully saturated rings. The lowest BCUT2D eigenvalue weighted by Gasteiger charge is -2.00. The first-order valence-electron chi connectivity index (χ1n) is 6.83. The predicted molar refractivity (Wildman–Crippen MR) is 86.5 cm³/mol. The molecule has 1 amide bonds. The summed E-state index contributed by atoms with van der Waals surface area (Å²) >= 11 is 0. The first-order chi connectivity index (χ1) is 10.6. The van der Waals surface area contributed by atoms with Crippen LogP contribution in [0.5, 0.6) is 5.75 Å². The molecule has 0 unspecified atom stereocenters. The van der Waals surface area contributed by atoms with E-state index in [1.54, 1.807) is 30.5 Å². The Morgan fingerprint density at radius 1 is 1.23 bits per heavy atom. The van der Waals surface area contributed by atoms with Crippen molar-refractivity contribution in [2.75, 3.05) is 0 Å². The van der Waals surface area contributed by atoms with E-state index < -0.39 is 5.91 Å². The standard InChI is InChI=1S/C17H15N3O2/c18-17(22)11-20-10-12(15-6-1-2-7-16(15)20)9-19-13-4-3-5-14(21)8-13/h1-10,21H,11H2,(H2,18,22). The first-order valence-corrected chi connectivity index (χ1v) is 6.83. The molecule has 3 N–H and O–H groups in total. The highest BCUT2D eigenvalue weighted by Gasteiger charge is 2.08. The maximum atomic E-state index is 11.2. The summed E-state index contributed by atoms with van der Waals surface area (Å²) < 4.78 is 1.81. The molecule has 0 saturated carbocycles. The number of aliphatic imine (C=N–C) groups is 1. The number of phenolic OH excluding ortho intramolecular Hbond substituents is 1. The van der Waals surface area contributed by atoms with Crippen LogP contribution in [-0.2, 0) is 11.3 Å². The molecule has 0 radical (unpaired) electrons. The molecular weight excluding hydrogens is 278 g/mol. The fourth-order valence-electron chi connectivity index (χ4n) is 2.39. The van der Waals surface area contributed by atoms with Gasteiger partial charge in [-0.05, 0) is 18.2 Å². The van der Waals surface area contributed by atoms with E-state index in [2.05, 4.69) is 4.99 Å². The lowest BCUT2D eigenvalue weighted by molar-refractivity contribution is -0.118. The molecule has 5 heteroatoms. The minimum atomic E-state index is -0.391. The molecule has 0 atom stereocenters. The molecule has 0 aliphatic heterocycles. The number of hydrogen-bond acceptors (Lipinski definition) is 3. The predicted octanol–water partition coefficient (Wildman–Crippen LogP) is 2.58. The maximum Gasteiger partial charge on any atom is 0.237 e. The van der Waals surface area contributed by atoms with Gasteiger partial charge in [0.05, 0.1) is 5.69 Å². The highest BCUT2D eigenvalue weighted by atomic mass is 16.3. The van der Waals surface area contributed by atoms with Crippen LogP contribution in [0.4, 0.5) is 5.69 Å². The van der Waals surface area contributed by atoms with Gasteiger partial charge in [0.2, 0.25) is 5.91 Å². The average Bonchev–Trinajstić information content (AvgIpc) is 2.83. The van der Waals surface area contributed by atoms with Crippen molar-refractivity contribution in [3.8, 4) is 5.75 Å². The number of rotatable bonds is 4. The van der Waals surface area contributed by atoms with Gasteiger partial charge in [-0.1, -0.05) is 24.3 Å². The van der Waals surface area contributed by atoms with Gasteiger partial charge in [-0.2, -0.15) is 0 Å². The minimum Gasteiger partial charge on any atom is -0.508 e. The number of primary amides is 1. The molecule has 22 heavy (non-hydrogen) atoms. The third kappa shape index (κ3) is 2.83. The second-order valence-electron chi connectivity index (χ2n) is 4.97. The van der Waals surface area contributed by atoms with Gasteiger partial charge in [0.25, 0.3) is 0 Å². The van der Waals surface area contributed by atoms with E-state index in [1.807, 2.05) is 35.0 Å². The Balaban J connectivity index is 2.02. The van der Waals surface area contributed by atoms with Gasteiger partial charge in [0.1, 0.15) is 12.3 Å². The number of aromatic hydroxyl groups is 1. The largest absolute Gasteiger partial charge is 0.508 e. The van der Waals surface area contributed by atoms with Crippen molar-refractivity contribution in [3.05, 3.63) is 60.3 Å². The van der Waals surface area contributed by atoms with Crippen LogP contribution in [0.1, 0.15) is 5.56 Å². The zero-order valence-corrected chi connectivity index (χ0v) is 11.8. The SMILES string of the molecule is NC(=O)Cn1cc(C=Nc2cccc(O)c2)c2ccccc21. The van der Waals surface area contributed by atoms with Gasteiger partial charge in [-0.3, -0.25) is 9.79 Å². The molecule has 0 aliphatic rings. The highest BCUT2D eigenvalue weighted by molar-refractivity contribution is 6.00. The summed E-state index contributed by atoms with van der Waals surface area (Å²) in [5.41, 5.74) is 7.76. The molecule has 110 valence electrons. The summed E-state index contributed by atoms with van der Waals surface area (Å²) in [5.74, 6) is -0.219. The lowest BCUT2D eigenvalue weighted by atomic mass is 10.2. The summed E-state index contributed by atoms with van der Waals surface area (Å²) in [4.78, 5) is 15.5. The first kappa shape index (κ1) is 13.9. The number of phenols is 1. The van der Waals surface area contributed by atoms with Crippen molar-refractivity contribution in [1.29, 1.82) is 0 Å². The van der Waals surface area contributed by atoms with Gasteiger partial charge in [-0.25, -0.2) is 0 Å². The lowest BCUT2D eigenvalue weighted by Crippen LogP contribution is -2.17. The van der Waals surface area contributed by atoms with Crippen molar-refractivity contribution in [1.82, 2.24) is 4.57 Å². The third-order valence-electron chi connectivity index (χ3n) is 3.33. The van der Waals surface area contributed by atoms with Crippen LogP contribution in [0.3, 0.4) is 0 Å². The molecule has 0 spiro atoms. The summed E-state index contributed by atoms with van der Waals surface area (Å²) in [7, 11) is 0. The Morgan fingerprint density at radius 3 is 2.82 bits per heavy atom. The van der Waals surface area contributed by atoms with Crippen LogP contribution in [0.2, 0.25) is 0 Å². The van der Waals surface area contributed by atoms with Crippen LogP contribution in [0.15, 0.2) is 59.7 Å². The number of fused-ring (bicyclic) bond motifs is 1. The topological polar surface area (TPSA) is 80.6 Å². The second kappa shape index (κ2) is 5.73. The third-order valence-corrected chi connectivity index (χ3v) is 3.33. The zero-order chi connectivity index (χ0) is 15.5. The van der Waals surface area contributed by atoms with E-state index in [4.69, 9.17) is 5.73 Å². The molecule has 5 nitrogen and oxygen atoms in total. The molecule has 3 aromatic rings. The second-order valence-corrected chi connectivity index (χ2v) is 4.97. The molecule has 3 rings (SSSR count). The number of para-hydroxylation sites is 1. The van der Waals surface area contributed by atoms with E-state index in [0.29, 0.717) is 5.69 Å². The number of amides is 1. The fraction of sp³-hybridized carbons (Fsp3) is 0.0588. The molecule has 1 heterocycles. The van der Waals surface area contributed by atoms with Crippen LogP contribution in [0, 0.1) is 0 Å². The average molecular weight is 293 g/mol. The molecule has 2 aromatic carbocycles. The van der Waals surface area contributed by atoms with Crippen molar-refractivity contribution in [2.45, 2.75) is 6.54 Å². The van der Waals surface area contributed by atoms with Gasteiger partial charge in [0.15, 0.2) is 0 Å². The van der Waals surface area contributed by atoms with Crippen molar-refractivity contribution < 1.29 is 9.90 Å². The van der Waals surface area contributed by atoms with Crippen LogP contribution in [-0.4, -0.2) is 21.8 Å². The fourth-order valence-corrected chi connectivity index (χ4v) is 2.39. The monoisotopic (exact) mass is 293 g/mol. The number of nitrogens with zero attached hydrogens (tertiary/aromatic N) is 2. The molecule has 0 saturated heterocycles. The van der Waals surface area contributed by atoms with E-state index in [0.717, 1.165) is 16.5 Å². The Labute approximate surface area is 127 Å². The van der Waals surface area contributed by atoms with E-state index in [1.165, 1.54) is 0 Å². The Hall–Kier alpha value is -3.08. The van der Waals surface area contributed by atoms with Gasteiger partial charge in [-0.15, -0.1) is 0 Å². The number of nitrogens with two attached hydrogens (primary N) is 1. The molecular formula is C17H15N3O2. The maximum absolute atomic E-state index is 11.2. The van der Waals surface area contributed by atoms with Crippen molar-refractivity contribution >= 4 is 28.7 Å². The van der Waals surface area contributed by atoms with Gasteiger partial charge >= 0.3 is 0 Å². The molecule has 0 aliphatic carbocycles. The summed E-state index contributed by atoms with van der Waals surface area (Å²) in [6.07, 6.45) is 3.57. The van der Waals surface area contributed by atoms with Crippen molar-refractivity contribution in [3.63, 3.8) is 0 Å². The Bertz CT molecular complexity index is 865. The van der Waals surface area contributed by atoms with Crippen LogP contribution in [0.25, 0.3) is 10.9 Å².